The van der Waals surface area contributed by atoms with Crippen LogP contribution in [0.2, 0.25) is 5.15 Å². The number of ether oxygens (including phenoxy) is 1. The van der Waals surface area contributed by atoms with Crippen LogP contribution in [0.3, 0.4) is 0 Å². The molecule has 0 radical (unpaired) electrons. The third kappa shape index (κ3) is 4.03. The van der Waals surface area contributed by atoms with E-state index >= 15 is 0 Å². The van der Waals surface area contributed by atoms with Crippen molar-refractivity contribution in [2.75, 3.05) is 11.9 Å². The van der Waals surface area contributed by atoms with E-state index in [-0.39, 0.29) is 16.3 Å². The molecule has 2 heterocycles. The van der Waals surface area contributed by atoms with Gasteiger partial charge < -0.3 is 15.8 Å². The highest BCUT2D eigenvalue weighted by molar-refractivity contribution is 7.14. The molecule has 0 atom stereocenters. The Balaban J connectivity index is 1.91. The molecule has 22 heavy (non-hydrogen) atoms. The van der Waals surface area contributed by atoms with Crippen LogP contribution in [0.1, 0.15) is 20.7 Å². The number of pyridine rings is 1. The number of nitrogens with two attached hydrogens (primary N) is 1. The van der Waals surface area contributed by atoms with Gasteiger partial charge in [-0.3, -0.25) is 9.59 Å². The van der Waals surface area contributed by atoms with Crippen LogP contribution in [-0.4, -0.2) is 29.4 Å². The Morgan fingerprint density at radius 3 is 2.82 bits per heavy atom. The predicted octanol–water partition coefficient (Wildman–Crippen LogP) is 1.69. The lowest BCUT2D eigenvalue weighted by Crippen LogP contribution is -2.22. The third-order valence-corrected chi connectivity index (χ3v) is 3.52. The number of carbonyl (C=O) groups is 3. The second-order valence-electron chi connectivity index (χ2n) is 4.02. The molecule has 2 amide bonds. The Labute approximate surface area is 134 Å². The van der Waals surface area contributed by atoms with Crippen LogP contribution >= 0.6 is 22.9 Å². The van der Waals surface area contributed by atoms with Crippen molar-refractivity contribution in [2.45, 2.75) is 0 Å². The van der Waals surface area contributed by atoms with Gasteiger partial charge in [0.25, 0.3) is 11.8 Å². The lowest BCUT2D eigenvalue weighted by Gasteiger charge is -2.06. The highest BCUT2D eigenvalue weighted by Crippen LogP contribution is 2.22. The Hall–Kier alpha value is -2.45. The van der Waals surface area contributed by atoms with E-state index in [1.54, 1.807) is 5.38 Å². The first-order chi connectivity index (χ1) is 10.5. The van der Waals surface area contributed by atoms with Gasteiger partial charge in [-0.2, -0.15) is 0 Å². The molecule has 9 heteroatoms. The van der Waals surface area contributed by atoms with E-state index in [0.29, 0.717) is 5.00 Å². The molecule has 0 unspecified atom stereocenters. The van der Waals surface area contributed by atoms with Crippen LogP contribution in [0.5, 0.6) is 0 Å². The van der Waals surface area contributed by atoms with Gasteiger partial charge in [0.05, 0.1) is 11.1 Å². The molecule has 7 nitrogen and oxygen atoms in total. The molecule has 0 fully saturated rings. The maximum atomic E-state index is 11.7. The molecule has 3 N–H and O–H groups in total. The van der Waals surface area contributed by atoms with Gasteiger partial charge >= 0.3 is 5.97 Å². The Bertz CT molecular complexity index is 732. The van der Waals surface area contributed by atoms with Crippen molar-refractivity contribution in [3.05, 3.63) is 46.1 Å². The average Bonchev–Trinajstić information content (AvgIpc) is 2.93. The minimum atomic E-state index is -0.708. The Morgan fingerprint density at radius 2 is 2.14 bits per heavy atom. The van der Waals surface area contributed by atoms with Crippen LogP contribution < -0.4 is 11.1 Å². The minimum Gasteiger partial charge on any atom is -0.452 e. The van der Waals surface area contributed by atoms with Crippen molar-refractivity contribution in [3.63, 3.8) is 0 Å². The van der Waals surface area contributed by atoms with Crippen LogP contribution in [0.25, 0.3) is 0 Å². The van der Waals surface area contributed by atoms with Gasteiger partial charge in [-0.25, -0.2) is 9.78 Å². The predicted molar refractivity (Wildman–Crippen MR) is 81.0 cm³/mol. The van der Waals surface area contributed by atoms with E-state index in [0.717, 1.165) is 11.3 Å². The highest BCUT2D eigenvalue weighted by atomic mass is 35.5. The summed E-state index contributed by atoms with van der Waals surface area (Å²) in [5, 5.41) is 4.51. The van der Waals surface area contributed by atoms with E-state index in [4.69, 9.17) is 22.1 Å². The number of rotatable bonds is 5. The number of halogens is 1. The topological polar surface area (TPSA) is 111 Å². The molecule has 0 aliphatic heterocycles. The molecule has 2 rings (SSSR count). The van der Waals surface area contributed by atoms with Crippen molar-refractivity contribution < 1.29 is 19.1 Å². The van der Waals surface area contributed by atoms with E-state index in [1.807, 2.05) is 0 Å². The minimum absolute atomic E-state index is 0.142. The zero-order valence-electron chi connectivity index (χ0n) is 11.0. The largest absolute Gasteiger partial charge is 0.452 e. The van der Waals surface area contributed by atoms with Crippen LogP contribution in [0, 0.1) is 0 Å². The summed E-state index contributed by atoms with van der Waals surface area (Å²) in [4.78, 5) is 38.3. The first-order valence-electron chi connectivity index (χ1n) is 5.93. The van der Waals surface area contributed by atoms with E-state index in [1.165, 1.54) is 24.4 Å². The molecule has 0 saturated carbocycles. The number of amides is 2. The summed E-state index contributed by atoms with van der Waals surface area (Å²) in [6, 6.07) is 4.23. The molecule has 2 aromatic heterocycles. The molecule has 0 saturated heterocycles. The van der Waals surface area contributed by atoms with Crippen molar-refractivity contribution in [3.8, 4) is 0 Å². The van der Waals surface area contributed by atoms with Crippen molar-refractivity contribution in [1.82, 2.24) is 4.98 Å². The number of esters is 1. The van der Waals surface area contributed by atoms with Gasteiger partial charge in [0.1, 0.15) is 10.2 Å². The summed E-state index contributed by atoms with van der Waals surface area (Å²) in [5.74, 6) is -1.95. The summed E-state index contributed by atoms with van der Waals surface area (Å²) < 4.78 is 4.85. The van der Waals surface area contributed by atoms with Crippen molar-refractivity contribution in [1.29, 1.82) is 0 Å². The summed E-state index contributed by atoms with van der Waals surface area (Å²) in [5.41, 5.74) is 5.54. The van der Waals surface area contributed by atoms with E-state index < -0.39 is 24.4 Å². The zero-order chi connectivity index (χ0) is 16.1. The molecule has 0 aromatic carbocycles. The first-order valence-corrected chi connectivity index (χ1v) is 7.19. The number of thiophene rings is 1. The molecule has 114 valence electrons. The zero-order valence-corrected chi connectivity index (χ0v) is 12.6. The smallest absolute Gasteiger partial charge is 0.338 e. The second-order valence-corrected chi connectivity index (χ2v) is 5.32. The molecular weight excluding hydrogens is 330 g/mol. The summed E-state index contributed by atoms with van der Waals surface area (Å²) in [6.45, 7) is -0.505. The summed E-state index contributed by atoms with van der Waals surface area (Å²) in [6.07, 6.45) is 1.35. The maximum absolute atomic E-state index is 11.7. The van der Waals surface area contributed by atoms with Gasteiger partial charge in [-0.05, 0) is 23.6 Å². The van der Waals surface area contributed by atoms with Crippen LogP contribution in [0.15, 0.2) is 29.8 Å². The quantitative estimate of drug-likeness (QED) is 0.636. The lowest BCUT2D eigenvalue weighted by atomic mass is 10.3. The standard InChI is InChI=1S/C13H10ClN3O4S/c14-9-5-7(1-3-16-9)13(20)21-6-10(18)17-12-8(11(15)19)2-4-22-12/h1-5H,6H2,(H2,15,19)(H,17,18). The van der Waals surface area contributed by atoms with Gasteiger partial charge in [0, 0.05) is 6.20 Å². The molecular formula is C13H10ClN3O4S. The van der Waals surface area contributed by atoms with Gasteiger partial charge in [-0.1, -0.05) is 11.6 Å². The first kappa shape index (κ1) is 15.9. The molecule has 2 aromatic rings. The number of hydrogen-bond acceptors (Lipinski definition) is 6. The fraction of sp³-hybridized carbons (Fsp3) is 0.0769. The number of primary amides is 1. The monoisotopic (exact) mass is 339 g/mol. The van der Waals surface area contributed by atoms with Crippen molar-refractivity contribution >= 4 is 45.7 Å². The van der Waals surface area contributed by atoms with E-state index in [9.17, 15) is 14.4 Å². The fourth-order valence-corrected chi connectivity index (χ4v) is 2.49. The number of carbonyl (C=O) groups excluding carboxylic acids is 3. The van der Waals surface area contributed by atoms with Crippen LogP contribution in [-0.2, 0) is 9.53 Å². The molecule has 0 bridgehead atoms. The Kier molecular flexibility index (Phi) is 5.08. The number of anilines is 1. The van der Waals surface area contributed by atoms with Gasteiger partial charge in [0.2, 0.25) is 0 Å². The normalized spacial score (nSPS) is 10.0. The second kappa shape index (κ2) is 7.01. The molecule has 0 aliphatic rings. The SMILES string of the molecule is NC(=O)c1ccsc1NC(=O)COC(=O)c1ccnc(Cl)c1. The Morgan fingerprint density at radius 1 is 1.36 bits per heavy atom. The van der Waals surface area contributed by atoms with Crippen molar-refractivity contribution in [2.24, 2.45) is 5.73 Å². The number of hydrogen-bond donors (Lipinski definition) is 2. The summed E-state index contributed by atoms with van der Waals surface area (Å²) in [7, 11) is 0. The van der Waals surface area contributed by atoms with Gasteiger partial charge in [0.15, 0.2) is 6.61 Å². The molecule has 0 aliphatic carbocycles. The average molecular weight is 340 g/mol. The van der Waals surface area contributed by atoms with Gasteiger partial charge in [-0.15, -0.1) is 11.3 Å². The van der Waals surface area contributed by atoms with E-state index in [2.05, 4.69) is 10.3 Å². The fourth-order valence-electron chi connectivity index (χ4n) is 1.51. The number of nitrogens with zero attached hydrogens (tertiary/aromatic N) is 1. The van der Waals surface area contributed by atoms with Crippen LogP contribution in [0.4, 0.5) is 5.00 Å². The number of aromatic nitrogens is 1. The summed E-state index contributed by atoms with van der Waals surface area (Å²) >= 11 is 6.79. The number of nitrogens with one attached hydrogen (secondary N) is 1. The third-order valence-electron chi connectivity index (χ3n) is 2.48. The molecule has 0 spiro atoms. The lowest BCUT2D eigenvalue weighted by molar-refractivity contribution is -0.119. The highest BCUT2D eigenvalue weighted by Gasteiger charge is 2.14. The maximum Gasteiger partial charge on any atom is 0.338 e.